The van der Waals surface area contributed by atoms with Crippen molar-refractivity contribution in [1.29, 1.82) is 0 Å². The van der Waals surface area contributed by atoms with Crippen LogP contribution >= 0.6 is 0 Å². The van der Waals surface area contributed by atoms with Gasteiger partial charge < -0.3 is 8.85 Å². The highest BCUT2D eigenvalue weighted by molar-refractivity contribution is 6.76. The molecular weight excluding hydrogens is 296 g/mol. The van der Waals surface area contributed by atoms with Gasteiger partial charge in [0, 0.05) is 0 Å². The predicted molar refractivity (Wildman–Crippen MR) is 95.7 cm³/mol. The molecule has 0 saturated carbocycles. The molecule has 0 aromatic heterocycles. The van der Waals surface area contributed by atoms with E-state index in [0.717, 1.165) is 0 Å². The van der Waals surface area contributed by atoms with Crippen LogP contribution in [0.1, 0.15) is 54.9 Å². The molecule has 0 rings (SSSR count). The Bertz CT molecular complexity index is 363. The van der Waals surface area contributed by atoms with Gasteiger partial charge in [-0.1, -0.05) is 48.5 Å². The number of carbonyl (C=O) groups is 1. The van der Waals surface area contributed by atoms with E-state index < -0.39 is 22.7 Å². The van der Waals surface area contributed by atoms with E-state index in [-0.39, 0.29) is 16.0 Å². The van der Waals surface area contributed by atoms with Crippen LogP contribution in [-0.2, 0) is 13.6 Å². The first-order valence-electron chi connectivity index (χ1n) is 7.96. The van der Waals surface area contributed by atoms with E-state index in [4.69, 9.17) is 8.85 Å². The maximum atomic E-state index is 12.6. The fourth-order valence-corrected chi connectivity index (χ4v) is 3.57. The summed E-state index contributed by atoms with van der Waals surface area (Å²) in [4.78, 5) is 12.6. The van der Waals surface area contributed by atoms with E-state index >= 15 is 0 Å². The lowest BCUT2D eigenvalue weighted by atomic mass is 10.2. The summed E-state index contributed by atoms with van der Waals surface area (Å²) in [7, 11) is -4.04. The van der Waals surface area contributed by atoms with Crippen molar-refractivity contribution in [1.82, 2.24) is 0 Å². The van der Waals surface area contributed by atoms with E-state index in [0.29, 0.717) is 6.42 Å². The fraction of sp³-hybridized carbons (Fsp3) is 0.938. The molecular formula is C16H36O3Si2. The minimum absolute atomic E-state index is 0.0257. The van der Waals surface area contributed by atoms with Gasteiger partial charge >= 0.3 is 5.97 Å². The largest absolute Gasteiger partial charge is 0.517 e. The van der Waals surface area contributed by atoms with Crippen molar-refractivity contribution in [3.63, 3.8) is 0 Å². The van der Waals surface area contributed by atoms with Crippen molar-refractivity contribution < 1.29 is 13.6 Å². The molecule has 0 N–H and O–H groups in total. The summed E-state index contributed by atoms with van der Waals surface area (Å²) < 4.78 is 12.2. The van der Waals surface area contributed by atoms with Crippen molar-refractivity contribution in [2.24, 2.45) is 0 Å². The molecule has 0 aromatic carbocycles. The normalized spacial score (nSPS) is 15.8. The summed E-state index contributed by atoms with van der Waals surface area (Å²) in [6.45, 7) is 23.5. The van der Waals surface area contributed by atoms with Crippen LogP contribution in [0.15, 0.2) is 0 Å². The van der Waals surface area contributed by atoms with Crippen LogP contribution in [0.25, 0.3) is 0 Å². The molecule has 0 bridgehead atoms. The van der Waals surface area contributed by atoms with E-state index in [2.05, 4.69) is 67.7 Å². The van der Waals surface area contributed by atoms with E-state index in [1.807, 2.05) is 6.92 Å². The maximum Gasteiger partial charge on any atom is 0.320 e. The second-order valence-electron chi connectivity index (χ2n) is 8.96. The Balaban J connectivity index is 5.04. The highest BCUT2D eigenvalue weighted by Gasteiger charge is 2.44. The third kappa shape index (κ3) is 5.53. The molecule has 21 heavy (non-hydrogen) atoms. The van der Waals surface area contributed by atoms with Gasteiger partial charge in [-0.2, -0.15) is 0 Å². The van der Waals surface area contributed by atoms with Gasteiger partial charge in [-0.3, -0.25) is 4.79 Å². The minimum Gasteiger partial charge on any atom is -0.517 e. The lowest BCUT2D eigenvalue weighted by Gasteiger charge is -2.40. The topological polar surface area (TPSA) is 35.5 Å². The van der Waals surface area contributed by atoms with Crippen molar-refractivity contribution >= 4 is 22.6 Å². The van der Waals surface area contributed by atoms with Gasteiger partial charge in [0.15, 0.2) is 8.32 Å². The van der Waals surface area contributed by atoms with Gasteiger partial charge in [0.05, 0.1) is 0 Å². The average molecular weight is 333 g/mol. The Morgan fingerprint density at radius 3 is 1.57 bits per heavy atom. The first-order valence-corrected chi connectivity index (χ1v) is 13.8. The average Bonchev–Trinajstić information content (AvgIpc) is 2.21. The van der Waals surface area contributed by atoms with Crippen LogP contribution in [0.3, 0.4) is 0 Å². The zero-order valence-corrected chi connectivity index (χ0v) is 18.0. The monoisotopic (exact) mass is 332 g/mol. The number of rotatable bonds is 5. The van der Waals surface area contributed by atoms with Gasteiger partial charge in [0.25, 0.3) is 8.32 Å². The Kier molecular flexibility index (Phi) is 6.50. The third-order valence-electron chi connectivity index (χ3n) is 5.04. The predicted octanol–water partition coefficient (Wildman–Crippen LogP) is 5.34. The summed E-state index contributed by atoms with van der Waals surface area (Å²) >= 11 is 0. The van der Waals surface area contributed by atoms with Crippen LogP contribution in [0, 0.1) is 0 Å². The molecule has 0 radical (unpaired) electrons. The van der Waals surface area contributed by atoms with Crippen molar-refractivity contribution in [2.75, 3.05) is 0 Å². The first kappa shape index (κ1) is 20.9. The molecule has 3 nitrogen and oxygen atoms in total. The summed E-state index contributed by atoms with van der Waals surface area (Å²) in [5.41, 5.74) is 0. The van der Waals surface area contributed by atoms with Crippen LogP contribution in [0.2, 0.25) is 36.3 Å². The summed E-state index contributed by atoms with van der Waals surface area (Å²) in [5.74, 6) is -0.172. The van der Waals surface area contributed by atoms with Gasteiger partial charge in [-0.05, 0) is 42.7 Å². The quantitative estimate of drug-likeness (QED) is 0.638. The van der Waals surface area contributed by atoms with E-state index in [1.165, 1.54) is 0 Å². The van der Waals surface area contributed by atoms with Crippen molar-refractivity contribution in [3.8, 4) is 0 Å². The molecule has 0 spiro atoms. The number of hydrogen-bond donors (Lipinski definition) is 0. The molecule has 0 aliphatic heterocycles. The van der Waals surface area contributed by atoms with Crippen LogP contribution < -0.4 is 0 Å². The van der Waals surface area contributed by atoms with Crippen LogP contribution in [0.5, 0.6) is 0 Å². The highest BCUT2D eigenvalue weighted by Crippen LogP contribution is 2.39. The highest BCUT2D eigenvalue weighted by atomic mass is 28.4. The van der Waals surface area contributed by atoms with Gasteiger partial charge in [0.1, 0.15) is 6.10 Å². The second kappa shape index (κ2) is 6.54. The Morgan fingerprint density at radius 2 is 1.29 bits per heavy atom. The Morgan fingerprint density at radius 1 is 0.905 bits per heavy atom. The van der Waals surface area contributed by atoms with Gasteiger partial charge in [-0.15, -0.1) is 0 Å². The van der Waals surface area contributed by atoms with Crippen LogP contribution in [-0.4, -0.2) is 28.7 Å². The zero-order valence-electron chi connectivity index (χ0n) is 16.0. The number of hydrogen-bond acceptors (Lipinski definition) is 3. The summed E-state index contributed by atoms with van der Waals surface area (Å²) in [6.07, 6.45) is 0.236. The van der Waals surface area contributed by atoms with E-state index in [1.54, 1.807) is 0 Å². The standard InChI is InChI=1S/C16H36O3Si2/c1-12-13(18-20(8,9)15(2,3)4)14(17)19-21(10,11)16(5,6)7/h13H,12H2,1-11H3/t13-/m1/s1. The van der Waals surface area contributed by atoms with Crippen molar-refractivity contribution in [2.45, 2.75) is 97.3 Å². The molecule has 126 valence electrons. The third-order valence-corrected chi connectivity index (χ3v) is 13.8. The van der Waals surface area contributed by atoms with Crippen LogP contribution in [0.4, 0.5) is 0 Å². The first-order chi connectivity index (χ1) is 9.05. The zero-order chi connectivity index (χ0) is 17.3. The summed E-state index contributed by atoms with van der Waals surface area (Å²) in [5, 5.41) is 0.121. The number of carbonyl (C=O) groups excluding carboxylic acids is 1. The smallest absolute Gasteiger partial charge is 0.320 e. The lowest BCUT2D eigenvalue weighted by Crippen LogP contribution is -2.50. The molecule has 0 aliphatic rings. The molecule has 0 aliphatic carbocycles. The Hall–Kier alpha value is -0.136. The molecule has 0 heterocycles. The molecule has 0 saturated heterocycles. The SMILES string of the molecule is CC[C@@H](O[Si](C)(C)C(C)(C)C)C(=O)O[Si](C)(C)C(C)(C)C. The van der Waals surface area contributed by atoms with E-state index in [9.17, 15) is 4.79 Å². The van der Waals surface area contributed by atoms with Crippen molar-refractivity contribution in [3.05, 3.63) is 0 Å². The molecule has 0 fully saturated rings. The minimum atomic E-state index is -2.08. The second-order valence-corrected chi connectivity index (χ2v) is 18.4. The lowest BCUT2D eigenvalue weighted by molar-refractivity contribution is -0.144. The fourth-order valence-electron chi connectivity index (χ4n) is 1.30. The molecule has 0 amide bonds. The van der Waals surface area contributed by atoms with Gasteiger partial charge in [-0.25, -0.2) is 0 Å². The van der Waals surface area contributed by atoms with Gasteiger partial charge in [0.2, 0.25) is 0 Å². The molecule has 5 heteroatoms. The summed E-state index contributed by atoms with van der Waals surface area (Å²) in [6, 6.07) is 0. The maximum absolute atomic E-state index is 12.6. The molecule has 0 aromatic rings. The molecule has 1 atom stereocenters. The Labute approximate surface area is 134 Å². The molecule has 0 unspecified atom stereocenters.